The van der Waals surface area contributed by atoms with Crippen LogP contribution in [0, 0.1) is 0 Å². The SMILES string of the molecule is COc1c(C(=O)Cl)ccc(C(=O)c2ccccc2-c2ccccn2)c1N. The number of hydrogen-bond donors (Lipinski definition) is 1. The first-order chi connectivity index (χ1) is 12.5. The van der Waals surface area contributed by atoms with Gasteiger partial charge in [-0.2, -0.15) is 0 Å². The first-order valence-electron chi connectivity index (χ1n) is 7.76. The Hall–Kier alpha value is -3.18. The molecule has 6 heteroatoms. The predicted molar refractivity (Wildman–Crippen MR) is 101 cm³/mol. The molecule has 0 atom stereocenters. The van der Waals surface area contributed by atoms with Gasteiger partial charge in [-0.3, -0.25) is 14.6 Å². The second kappa shape index (κ2) is 7.37. The molecule has 0 bridgehead atoms. The number of nitrogen functional groups attached to an aromatic ring is 1. The molecule has 0 aliphatic carbocycles. The number of aromatic nitrogens is 1. The second-order valence-corrected chi connectivity index (χ2v) is 5.81. The number of ketones is 1. The maximum atomic E-state index is 13.1. The van der Waals surface area contributed by atoms with Crippen LogP contribution in [0.5, 0.6) is 5.75 Å². The zero-order valence-corrected chi connectivity index (χ0v) is 14.7. The van der Waals surface area contributed by atoms with Gasteiger partial charge in [-0.25, -0.2) is 0 Å². The maximum absolute atomic E-state index is 13.1. The van der Waals surface area contributed by atoms with Gasteiger partial charge in [-0.1, -0.05) is 30.3 Å². The van der Waals surface area contributed by atoms with Gasteiger partial charge in [0.1, 0.15) is 0 Å². The van der Waals surface area contributed by atoms with Crippen LogP contribution in [0.2, 0.25) is 0 Å². The van der Waals surface area contributed by atoms with Crippen molar-refractivity contribution in [2.75, 3.05) is 12.8 Å². The number of carbonyl (C=O) groups is 2. The lowest BCUT2D eigenvalue weighted by atomic mass is 9.94. The Bertz CT molecular complexity index is 988. The summed E-state index contributed by atoms with van der Waals surface area (Å²) in [6.07, 6.45) is 1.66. The minimum atomic E-state index is -0.707. The molecule has 26 heavy (non-hydrogen) atoms. The van der Waals surface area contributed by atoms with E-state index in [4.69, 9.17) is 22.1 Å². The van der Waals surface area contributed by atoms with E-state index in [1.807, 2.05) is 24.3 Å². The molecule has 0 amide bonds. The molecule has 0 aliphatic heterocycles. The zero-order valence-electron chi connectivity index (χ0n) is 13.9. The number of pyridine rings is 1. The van der Waals surface area contributed by atoms with E-state index < -0.39 is 5.24 Å². The Morgan fingerprint density at radius 1 is 0.962 bits per heavy atom. The molecule has 0 aliphatic rings. The van der Waals surface area contributed by atoms with E-state index in [1.54, 1.807) is 24.4 Å². The summed E-state index contributed by atoms with van der Waals surface area (Å²) in [6, 6.07) is 15.5. The van der Waals surface area contributed by atoms with Gasteiger partial charge in [0, 0.05) is 22.9 Å². The lowest BCUT2D eigenvalue weighted by molar-refractivity contribution is 0.103. The van der Waals surface area contributed by atoms with Crippen LogP contribution in [0.4, 0.5) is 5.69 Å². The minimum absolute atomic E-state index is 0.0693. The smallest absolute Gasteiger partial charge is 0.256 e. The molecule has 130 valence electrons. The minimum Gasteiger partial charge on any atom is -0.494 e. The van der Waals surface area contributed by atoms with Crippen LogP contribution in [0.1, 0.15) is 26.3 Å². The van der Waals surface area contributed by atoms with Gasteiger partial charge >= 0.3 is 0 Å². The summed E-state index contributed by atoms with van der Waals surface area (Å²) in [5.74, 6) is -0.207. The van der Waals surface area contributed by atoms with E-state index in [2.05, 4.69) is 4.98 Å². The number of carbonyl (C=O) groups excluding carboxylic acids is 2. The number of nitrogens with two attached hydrogens (primary N) is 1. The van der Waals surface area contributed by atoms with E-state index in [-0.39, 0.29) is 28.3 Å². The average Bonchev–Trinajstić information content (AvgIpc) is 2.67. The first kappa shape index (κ1) is 17.6. The van der Waals surface area contributed by atoms with Gasteiger partial charge < -0.3 is 10.5 Å². The molecule has 0 saturated heterocycles. The summed E-state index contributed by atoms with van der Waals surface area (Å²) < 4.78 is 5.18. The zero-order chi connectivity index (χ0) is 18.7. The summed E-state index contributed by atoms with van der Waals surface area (Å²) in [4.78, 5) is 28.9. The van der Waals surface area contributed by atoms with E-state index in [0.717, 1.165) is 0 Å². The first-order valence-corrected chi connectivity index (χ1v) is 8.13. The van der Waals surface area contributed by atoms with Crippen LogP contribution in [0.25, 0.3) is 11.3 Å². The topological polar surface area (TPSA) is 82.3 Å². The Kier molecular flexibility index (Phi) is 5.00. The summed E-state index contributed by atoms with van der Waals surface area (Å²) in [5.41, 5.74) is 8.31. The molecule has 5 nitrogen and oxygen atoms in total. The fourth-order valence-corrected chi connectivity index (χ4v) is 2.89. The van der Waals surface area contributed by atoms with E-state index in [1.165, 1.54) is 19.2 Å². The lowest BCUT2D eigenvalue weighted by Gasteiger charge is -2.14. The number of nitrogens with zero attached hydrogens (tertiary/aromatic N) is 1. The molecule has 3 rings (SSSR count). The largest absolute Gasteiger partial charge is 0.494 e. The van der Waals surface area contributed by atoms with Gasteiger partial charge in [0.2, 0.25) is 0 Å². The molecule has 2 aromatic carbocycles. The van der Waals surface area contributed by atoms with Gasteiger partial charge in [-0.15, -0.1) is 0 Å². The number of methoxy groups -OCH3 is 1. The highest BCUT2D eigenvalue weighted by Crippen LogP contribution is 2.33. The third-order valence-electron chi connectivity index (χ3n) is 3.97. The number of anilines is 1. The molecule has 0 saturated carbocycles. The Labute approximate surface area is 155 Å². The van der Waals surface area contributed by atoms with Crippen molar-refractivity contribution in [2.45, 2.75) is 0 Å². The van der Waals surface area contributed by atoms with Crippen molar-refractivity contribution in [1.82, 2.24) is 4.98 Å². The molecule has 0 spiro atoms. The lowest BCUT2D eigenvalue weighted by Crippen LogP contribution is -2.10. The molecule has 0 fully saturated rings. The summed E-state index contributed by atoms with van der Waals surface area (Å²) in [7, 11) is 1.37. The van der Waals surface area contributed by atoms with Crippen LogP contribution in [0.3, 0.4) is 0 Å². The van der Waals surface area contributed by atoms with Crippen LogP contribution >= 0.6 is 11.6 Å². The molecule has 1 aromatic heterocycles. The summed E-state index contributed by atoms with van der Waals surface area (Å²) in [5, 5.41) is -0.707. The predicted octanol–water partition coefficient (Wildman–Crippen LogP) is 3.95. The van der Waals surface area contributed by atoms with Gasteiger partial charge in [0.25, 0.3) is 5.24 Å². The van der Waals surface area contributed by atoms with E-state index >= 15 is 0 Å². The number of benzene rings is 2. The molecule has 0 unspecified atom stereocenters. The van der Waals surface area contributed by atoms with Crippen molar-refractivity contribution in [3.8, 4) is 17.0 Å². The summed E-state index contributed by atoms with van der Waals surface area (Å²) >= 11 is 5.55. The van der Waals surface area contributed by atoms with Gasteiger partial charge in [0.05, 0.1) is 24.1 Å². The molecular formula is C20H15ClN2O3. The highest BCUT2D eigenvalue weighted by Gasteiger charge is 2.22. The third kappa shape index (κ3) is 3.17. The fourth-order valence-electron chi connectivity index (χ4n) is 2.74. The molecule has 2 N–H and O–H groups in total. The van der Waals surface area contributed by atoms with Crippen molar-refractivity contribution in [3.05, 3.63) is 77.5 Å². The monoisotopic (exact) mass is 366 g/mol. The van der Waals surface area contributed by atoms with Crippen molar-refractivity contribution in [2.24, 2.45) is 0 Å². The standard InChI is InChI=1S/C20H15ClN2O3/c1-26-19-15(20(21)25)10-9-14(17(19)22)18(24)13-7-3-2-6-12(13)16-8-4-5-11-23-16/h2-11H,22H2,1H3. The number of ether oxygens (including phenoxy) is 1. The molecular weight excluding hydrogens is 352 g/mol. The number of rotatable bonds is 5. The maximum Gasteiger partial charge on any atom is 0.256 e. The Morgan fingerprint density at radius 2 is 1.65 bits per heavy atom. The second-order valence-electron chi connectivity index (χ2n) is 5.47. The number of halogens is 1. The van der Waals surface area contributed by atoms with Crippen molar-refractivity contribution in [3.63, 3.8) is 0 Å². The van der Waals surface area contributed by atoms with Gasteiger partial charge in [-0.05, 0) is 35.9 Å². The van der Waals surface area contributed by atoms with E-state index in [9.17, 15) is 9.59 Å². The fraction of sp³-hybridized carbons (Fsp3) is 0.0500. The average molecular weight is 367 g/mol. The van der Waals surface area contributed by atoms with Crippen LogP contribution in [-0.4, -0.2) is 23.1 Å². The molecule has 3 aromatic rings. The quantitative estimate of drug-likeness (QED) is 0.420. The van der Waals surface area contributed by atoms with Crippen molar-refractivity contribution >= 4 is 28.3 Å². The van der Waals surface area contributed by atoms with Crippen molar-refractivity contribution < 1.29 is 14.3 Å². The van der Waals surface area contributed by atoms with Gasteiger partial charge in [0.15, 0.2) is 11.5 Å². The summed E-state index contributed by atoms with van der Waals surface area (Å²) in [6.45, 7) is 0. The Morgan fingerprint density at radius 3 is 2.31 bits per heavy atom. The number of hydrogen-bond acceptors (Lipinski definition) is 5. The van der Waals surface area contributed by atoms with Crippen LogP contribution < -0.4 is 10.5 Å². The van der Waals surface area contributed by atoms with Crippen LogP contribution in [-0.2, 0) is 0 Å². The highest BCUT2D eigenvalue weighted by atomic mass is 35.5. The third-order valence-corrected chi connectivity index (χ3v) is 4.17. The Balaban J connectivity index is 2.14. The van der Waals surface area contributed by atoms with E-state index in [0.29, 0.717) is 16.8 Å². The molecule has 1 heterocycles. The normalized spacial score (nSPS) is 10.4. The molecule has 0 radical (unpaired) electrons. The highest BCUT2D eigenvalue weighted by molar-refractivity contribution is 6.68. The van der Waals surface area contributed by atoms with Crippen molar-refractivity contribution in [1.29, 1.82) is 0 Å². The van der Waals surface area contributed by atoms with Crippen LogP contribution in [0.15, 0.2) is 60.8 Å².